The fourth-order valence-electron chi connectivity index (χ4n) is 10.1. The first kappa shape index (κ1) is 38.8. The smallest absolute Gasteiger partial charge is 0.167 e. The Balaban J connectivity index is 0.863. The average Bonchev–Trinajstić information content (AvgIpc) is 4.10. The first-order valence-corrected chi connectivity index (χ1v) is 23.2. The number of fused-ring (bicyclic) bond motifs is 9. The van der Waals surface area contributed by atoms with Crippen LogP contribution in [-0.2, 0) is 0 Å². The van der Waals surface area contributed by atoms with Crippen LogP contribution in [0.5, 0.6) is 0 Å². The van der Waals surface area contributed by atoms with Crippen LogP contribution in [0.3, 0.4) is 0 Å². The van der Waals surface area contributed by atoms with E-state index in [0.29, 0.717) is 23.1 Å². The largest absolute Gasteiger partial charge is 0.456 e. The second-order valence-electron chi connectivity index (χ2n) is 17.5. The summed E-state index contributed by atoms with van der Waals surface area (Å²) < 4.78 is 16.0. The molecule has 4 aromatic heterocycles. The minimum absolute atomic E-state index is 0.540. The van der Waals surface area contributed by atoms with Crippen molar-refractivity contribution >= 4 is 65.7 Å². The van der Waals surface area contributed by atoms with Gasteiger partial charge < -0.3 is 13.4 Å². The number of para-hydroxylation sites is 3. The van der Waals surface area contributed by atoms with Gasteiger partial charge in [-0.25, -0.2) is 15.0 Å². The molecule has 6 nitrogen and oxygen atoms in total. The van der Waals surface area contributed by atoms with E-state index in [1.165, 1.54) is 21.9 Å². The van der Waals surface area contributed by atoms with Crippen molar-refractivity contribution in [2.45, 2.75) is 0 Å². The van der Waals surface area contributed by atoms with Crippen LogP contribution in [0, 0.1) is 0 Å². The van der Waals surface area contributed by atoms with Crippen molar-refractivity contribution in [3.05, 3.63) is 231 Å². The van der Waals surface area contributed by atoms with Crippen LogP contribution in [0.2, 0.25) is 0 Å². The van der Waals surface area contributed by atoms with Crippen LogP contribution in [0.4, 0.5) is 0 Å². The lowest BCUT2D eigenvalue weighted by molar-refractivity contribution is 0.668. The Labute approximate surface area is 396 Å². The summed E-state index contributed by atoms with van der Waals surface area (Å²) in [5, 5.41) is 6.55. The maximum Gasteiger partial charge on any atom is 0.167 e. The first-order valence-electron chi connectivity index (χ1n) is 23.2. The molecule has 69 heavy (non-hydrogen) atoms. The Bertz CT molecular complexity index is 4290. The van der Waals surface area contributed by atoms with E-state index in [2.05, 4.69) is 193 Å². The summed E-state index contributed by atoms with van der Waals surface area (Å²) in [5.41, 5.74) is 15.8. The highest BCUT2D eigenvalue weighted by Crippen LogP contribution is 2.42. The van der Waals surface area contributed by atoms with Crippen molar-refractivity contribution < 1.29 is 8.83 Å². The van der Waals surface area contributed by atoms with Crippen LogP contribution >= 0.6 is 0 Å². The fourth-order valence-corrected chi connectivity index (χ4v) is 10.1. The quantitative estimate of drug-likeness (QED) is 0.159. The Hall–Kier alpha value is -9.39. The van der Waals surface area contributed by atoms with Gasteiger partial charge >= 0.3 is 0 Å². The van der Waals surface area contributed by atoms with Crippen molar-refractivity contribution in [3.8, 4) is 73.2 Å². The molecular weight excluding hydrogens is 845 g/mol. The first-order chi connectivity index (χ1) is 34.2. The predicted molar refractivity (Wildman–Crippen MR) is 281 cm³/mol. The van der Waals surface area contributed by atoms with E-state index in [1.807, 2.05) is 42.5 Å². The van der Waals surface area contributed by atoms with Gasteiger partial charge in [0.05, 0.1) is 16.6 Å². The van der Waals surface area contributed by atoms with Crippen LogP contribution in [-0.4, -0.2) is 19.5 Å². The second-order valence-corrected chi connectivity index (χ2v) is 17.5. The molecule has 0 saturated carbocycles. The fraction of sp³-hybridized carbons (Fsp3) is 0. The van der Waals surface area contributed by atoms with Gasteiger partial charge in [0.25, 0.3) is 0 Å². The van der Waals surface area contributed by atoms with Gasteiger partial charge in [-0.15, -0.1) is 0 Å². The van der Waals surface area contributed by atoms with Gasteiger partial charge in [0.2, 0.25) is 0 Å². The topological polar surface area (TPSA) is 69.9 Å². The summed E-state index contributed by atoms with van der Waals surface area (Å²) in [4.78, 5) is 15.2. The molecule has 0 spiro atoms. The number of hydrogen-bond donors (Lipinski definition) is 0. The normalized spacial score (nSPS) is 11.8. The van der Waals surface area contributed by atoms with E-state index in [9.17, 15) is 0 Å². The highest BCUT2D eigenvalue weighted by atomic mass is 16.3. The molecule has 0 N–H and O–H groups in total. The molecule has 0 amide bonds. The van der Waals surface area contributed by atoms with E-state index in [0.717, 1.165) is 94.0 Å². The number of nitrogens with zero attached hydrogens (tertiary/aromatic N) is 4. The molecule has 0 atom stereocenters. The molecule has 0 aliphatic carbocycles. The van der Waals surface area contributed by atoms with Gasteiger partial charge in [0.1, 0.15) is 22.3 Å². The van der Waals surface area contributed by atoms with Crippen molar-refractivity contribution in [2.75, 3.05) is 0 Å². The minimum Gasteiger partial charge on any atom is -0.456 e. The molecule has 14 aromatic rings. The van der Waals surface area contributed by atoms with Crippen LogP contribution < -0.4 is 0 Å². The summed E-state index contributed by atoms with van der Waals surface area (Å²) in [5.74, 6) is 1.72. The molecule has 0 fully saturated rings. The van der Waals surface area contributed by atoms with Gasteiger partial charge in [-0.05, 0) is 82.4 Å². The Morgan fingerprint density at radius 1 is 0.275 bits per heavy atom. The zero-order valence-electron chi connectivity index (χ0n) is 37.0. The lowest BCUT2D eigenvalue weighted by Gasteiger charge is -2.09. The minimum atomic E-state index is 0.540. The molecule has 14 rings (SSSR count). The van der Waals surface area contributed by atoms with Crippen molar-refractivity contribution in [1.29, 1.82) is 0 Å². The maximum absolute atomic E-state index is 6.98. The SMILES string of the molecule is c1ccc(-c2ccc(-c3nc(-c4ccccc4)nc(-c4cccc5c4oc4c(-c6ccc7c(c6)oc6ccc(-n8c9ccccc9c9cc(-c%10ccccc%10)ccc98)cc67)cccc45)n3)cc2)cc1. The van der Waals surface area contributed by atoms with Gasteiger partial charge in [-0.1, -0.05) is 176 Å². The number of furan rings is 2. The van der Waals surface area contributed by atoms with E-state index in [-0.39, 0.29) is 0 Å². The average molecular weight is 883 g/mol. The molecule has 322 valence electrons. The lowest BCUT2D eigenvalue weighted by Crippen LogP contribution is -2.00. The van der Waals surface area contributed by atoms with Gasteiger partial charge in [0, 0.05) is 54.7 Å². The lowest BCUT2D eigenvalue weighted by atomic mass is 10.0. The molecule has 0 aliphatic rings. The highest BCUT2D eigenvalue weighted by molar-refractivity contribution is 6.14. The second kappa shape index (κ2) is 15.6. The van der Waals surface area contributed by atoms with Crippen molar-refractivity contribution in [1.82, 2.24) is 19.5 Å². The zero-order chi connectivity index (χ0) is 45.4. The summed E-state index contributed by atoms with van der Waals surface area (Å²) >= 11 is 0. The van der Waals surface area contributed by atoms with Gasteiger partial charge in [-0.3, -0.25) is 0 Å². The van der Waals surface area contributed by atoms with E-state index in [1.54, 1.807) is 0 Å². The Morgan fingerprint density at radius 2 is 0.812 bits per heavy atom. The van der Waals surface area contributed by atoms with Crippen molar-refractivity contribution in [2.24, 2.45) is 0 Å². The third-order valence-electron chi connectivity index (χ3n) is 13.5. The molecule has 0 bridgehead atoms. The monoisotopic (exact) mass is 882 g/mol. The van der Waals surface area contributed by atoms with E-state index in [4.69, 9.17) is 23.8 Å². The predicted octanol–water partition coefficient (Wildman–Crippen LogP) is 16.8. The molecule has 0 aliphatic heterocycles. The number of benzene rings is 10. The van der Waals surface area contributed by atoms with E-state index >= 15 is 0 Å². The van der Waals surface area contributed by atoms with Crippen molar-refractivity contribution in [3.63, 3.8) is 0 Å². The highest BCUT2D eigenvalue weighted by Gasteiger charge is 2.21. The number of aromatic nitrogens is 4. The maximum atomic E-state index is 6.98. The number of hydrogen-bond acceptors (Lipinski definition) is 5. The summed E-state index contributed by atoms with van der Waals surface area (Å²) in [6, 6.07) is 80.4. The zero-order valence-corrected chi connectivity index (χ0v) is 37.0. The Kier molecular flexibility index (Phi) is 8.79. The van der Waals surface area contributed by atoms with Crippen LogP contribution in [0.15, 0.2) is 239 Å². The van der Waals surface area contributed by atoms with Gasteiger partial charge in [-0.2, -0.15) is 0 Å². The van der Waals surface area contributed by atoms with E-state index < -0.39 is 0 Å². The molecule has 4 heterocycles. The molecule has 6 heteroatoms. The Morgan fingerprint density at radius 3 is 1.55 bits per heavy atom. The summed E-state index contributed by atoms with van der Waals surface area (Å²) in [7, 11) is 0. The molecule has 0 unspecified atom stereocenters. The van der Waals surface area contributed by atoms with Gasteiger partial charge in [0.15, 0.2) is 17.5 Å². The molecule has 0 saturated heterocycles. The summed E-state index contributed by atoms with van der Waals surface area (Å²) in [6.07, 6.45) is 0. The van der Waals surface area contributed by atoms with Crippen LogP contribution in [0.1, 0.15) is 0 Å². The summed E-state index contributed by atoms with van der Waals surface area (Å²) in [6.45, 7) is 0. The standard InChI is InChI=1S/C63H38N4O2/c1-4-14-39(15-5-1)41-26-28-43(29-27-41)62-64-61(42-18-8-3-9-19-42)65-63(66-62)52-24-13-23-51-50-22-12-21-47(59(50)69-60(51)52)45-30-33-49-54-38-46(32-35-57(54)68-58(49)37-45)67-55-25-11-10-20-48(55)53-36-44(31-34-56(53)67)40-16-6-2-7-17-40/h1-38H. The van der Waals surface area contributed by atoms with Crippen LogP contribution in [0.25, 0.3) is 139 Å². The third-order valence-corrected chi connectivity index (χ3v) is 13.5. The third kappa shape index (κ3) is 6.45. The molecular formula is C63H38N4O2. The molecule has 10 aromatic carbocycles. The number of rotatable bonds is 7. The molecule has 0 radical (unpaired) electrons.